The van der Waals surface area contributed by atoms with Crippen molar-refractivity contribution in [2.24, 2.45) is 0 Å². The molecular formula is C26H35N6O6+. The summed E-state index contributed by atoms with van der Waals surface area (Å²) in [5.74, 6) is -2.03. The van der Waals surface area contributed by atoms with Crippen LogP contribution in [0.3, 0.4) is 0 Å². The van der Waals surface area contributed by atoms with Crippen LogP contribution in [0.15, 0.2) is 30.5 Å². The number of nitrogens with zero attached hydrogens (tertiary/aromatic N) is 2. The number of carbonyl (C=O) groups is 4. The fraction of sp³-hybridized carbons (Fsp3) is 0.500. The third-order valence-electron chi connectivity index (χ3n) is 6.06. The fourth-order valence-corrected chi connectivity index (χ4v) is 4.19. The van der Waals surface area contributed by atoms with E-state index in [4.69, 9.17) is 15.0 Å². The highest BCUT2D eigenvalue weighted by atomic mass is 16.5. The van der Waals surface area contributed by atoms with Gasteiger partial charge in [-0.1, -0.05) is 18.2 Å². The molecule has 3 rings (SSSR count). The topological polar surface area (TPSA) is 168 Å². The molecule has 12 nitrogen and oxygen atoms in total. The predicted octanol–water partition coefficient (Wildman–Crippen LogP) is 0.623. The Kier molecular flexibility index (Phi) is 10.7. The number of para-hydroxylation sites is 1. The molecule has 1 aliphatic heterocycles. The highest BCUT2D eigenvalue weighted by Crippen LogP contribution is 2.19. The number of Topliss-reactive ketones (excluding diaryl/α,β-unsaturated/α-hetero) is 1. The number of amides is 2. The molecule has 204 valence electrons. The average Bonchev–Trinajstić information content (AvgIpc) is 3.29. The molecule has 12 heteroatoms. The largest absolute Gasteiger partial charge is 0.461 e. The Morgan fingerprint density at radius 2 is 1.89 bits per heavy atom. The third kappa shape index (κ3) is 8.62. The van der Waals surface area contributed by atoms with E-state index in [-0.39, 0.29) is 31.7 Å². The Labute approximate surface area is 220 Å². The summed E-state index contributed by atoms with van der Waals surface area (Å²) in [6.45, 7) is 5.78. The van der Waals surface area contributed by atoms with Crippen molar-refractivity contribution >= 4 is 40.7 Å². The molecule has 0 saturated carbocycles. The van der Waals surface area contributed by atoms with Crippen LogP contribution in [0.5, 0.6) is 0 Å². The first-order valence-electron chi connectivity index (χ1n) is 12.6. The number of rotatable bonds is 13. The molecule has 4 N–H and O–H groups in total. The van der Waals surface area contributed by atoms with E-state index < -0.39 is 35.8 Å². The minimum absolute atomic E-state index is 0.0380. The molecular weight excluding hydrogens is 492 g/mol. The summed E-state index contributed by atoms with van der Waals surface area (Å²) in [7, 11) is 0. The molecule has 2 amide bonds. The Morgan fingerprint density at radius 1 is 1.16 bits per heavy atom. The second-order valence-corrected chi connectivity index (χ2v) is 9.38. The Bertz CT molecular complexity index is 1180. The van der Waals surface area contributed by atoms with E-state index in [9.17, 15) is 19.2 Å². The fourth-order valence-electron chi connectivity index (χ4n) is 4.19. The summed E-state index contributed by atoms with van der Waals surface area (Å²) < 4.78 is 10.6. The van der Waals surface area contributed by atoms with Gasteiger partial charge in [0.05, 0.1) is 36.2 Å². The number of morpholine rings is 1. The van der Waals surface area contributed by atoms with Gasteiger partial charge in [0.25, 0.3) is 0 Å². The molecule has 0 spiro atoms. The lowest BCUT2D eigenvalue weighted by molar-refractivity contribution is -0.152. The monoisotopic (exact) mass is 527 g/mol. The van der Waals surface area contributed by atoms with E-state index in [1.54, 1.807) is 20.0 Å². The Morgan fingerprint density at radius 3 is 2.61 bits per heavy atom. The molecule has 0 bridgehead atoms. The smallest absolute Gasteiger partial charge is 0.372 e. The van der Waals surface area contributed by atoms with Gasteiger partial charge in [0.1, 0.15) is 12.1 Å². The first kappa shape index (κ1) is 28.7. The normalized spacial score (nSPS) is 15.3. The molecule has 1 fully saturated rings. The number of aromatic amines is 1. The summed E-state index contributed by atoms with van der Waals surface area (Å²) in [6.07, 6.45) is 2.24. The van der Waals surface area contributed by atoms with Gasteiger partial charge in [0.15, 0.2) is 0 Å². The van der Waals surface area contributed by atoms with Crippen molar-refractivity contribution in [3.05, 3.63) is 36.0 Å². The molecule has 2 aromatic rings. The van der Waals surface area contributed by atoms with E-state index >= 15 is 0 Å². The Balaban J connectivity index is 1.78. The molecule has 0 aliphatic carbocycles. The minimum Gasteiger partial charge on any atom is -0.461 e. The van der Waals surface area contributed by atoms with E-state index in [1.807, 2.05) is 29.2 Å². The molecule has 1 saturated heterocycles. The summed E-state index contributed by atoms with van der Waals surface area (Å²) in [5, 5.41) is 6.42. The number of fused-ring (bicyclic) bond motifs is 1. The quantitative estimate of drug-likeness (QED) is 0.128. The summed E-state index contributed by atoms with van der Waals surface area (Å²) in [6, 6.07) is 5.53. The molecule has 2 atom stereocenters. The molecule has 0 radical (unpaired) electrons. The van der Waals surface area contributed by atoms with E-state index in [2.05, 4.69) is 20.4 Å². The first-order chi connectivity index (χ1) is 18.3. The maximum absolute atomic E-state index is 13.5. The minimum atomic E-state index is -1.12. The maximum Gasteiger partial charge on any atom is 0.372 e. The molecule has 1 aromatic heterocycles. The Hall–Kier alpha value is -3.86. The summed E-state index contributed by atoms with van der Waals surface area (Å²) in [4.78, 5) is 59.1. The van der Waals surface area contributed by atoms with E-state index in [1.165, 1.54) is 0 Å². The van der Waals surface area contributed by atoms with Crippen molar-refractivity contribution in [2.45, 2.75) is 51.3 Å². The van der Waals surface area contributed by atoms with Crippen LogP contribution in [0.1, 0.15) is 32.3 Å². The number of ether oxygens (including phenoxy) is 2. The standard InChI is InChI=1S/C26H34N6O6/c1-17(2)38-26(36)22(8-7-19(33)15-29-27)31-25(35)23(30-24(34)16-32-9-11-37-12-10-32)13-18-14-28-21-6-4-3-5-20(18)21/h3-6,14-15,17,22-23,27-28H,7-13,16H2,1-2H3,(H-,30,31,34,35)/p+1/t22-,23-/m0/s1. The second-order valence-electron chi connectivity index (χ2n) is 9.38. The van der Waals surface area contributed by atoms with Gasteiger partial charge in [-0.15, -0.1) is 0 Å². The number of nitrogens with one attached hydrogen (secondary N) is 4. The van der Waals surface area contributed by atoms with Gasteiger partial charge < -0.3 is 25.1 Å². The molecule has 1 aliphatic rings. The van der Waals surface area contributed by atoms with Crippen LogP contribution in [0, 0.1) is 5.53 Å². The van der Waals surface area contributed by atoms with Crippen LogP contribution in [0.4, 0.5) is 0 Å². The van der Waals surface area contributed by atoms with Gasteiger partial charge in [-0.25, -0.2) is 4.79 Å². The lowest BCUT2D eigenvalue weighted by Crippen LogP contribution is -2.54. The van der Waals surface area contributed by atoms with Gasteiger partial charge in [-0.2, -0.15) is 0 Å². The summed E-state index contributed by atoms with van der Waals surface area (Å²) >= 11 is 0. The van der Waals surface area contributed by atoms with Gasteiger partial charge >= 0.3 is 12.2 Å². The van der Waals surface area contributed by atoms with Crippen LogP contribution in [0.2, 0.25) is 0 Å². The van der Waals surface area contributed by atoms with E-state index in [0.29, 0.717) is 26.3 Å². The van der Waals surface area contributed by atoms with Crippen molar-refractivity contribution in [3.63, 3.8) is 0 Å². The highest BCUT2D eigenvalue weighted by molar-refractivity contribution is 6.25. The molecule has 1 aromatic carbocycles. The van der Waals surface area contributed by atoms with Crippen molar-refractivity contribution in [1.82, 2.24) is 20.5 Å². The number of ketones is 1. The average molecular weight is 528 g/mol. The number of H-pyrrole nitrogens is 1. The van der Waals surface area contributed by atoms with Gasteiger partial charge in [-0.05, 0) is 31.9 Å². The van der Waals surface area contributed by atoms with Gasteiger partial charge in [0, 0.05) is 43.0 Å². The summed E-state index contributed by atoms with van der Waals surface area (Å²) in [5.41, 5.74) is 8.53. The van der Waals surface area contributed by atoms with Crippen molar-refractivity contribution in [2.75, 3.05) is 32.8 Å². The van der Waals surface area contributed by atoms with Gasteiger partial charge in [-0.3, -0.25) is 19.3 Å². The van der Waals surface area contributed by atoms with Crippen LogP contribution in [-0.4, -0.2) is 95.5 Å². The first-order valence-corrected chi connectivity index (χ1v) is 12.6. The van der Waals surface area contributed by atoms with Crippen molar-refractivity contribution < 1.29 is 33.4 Å². The zero-order chi connectivity index (χ0) is 27.5. The number of esters is 1. The zero-order valence-electron chi connectivity index (χ0n) is 21.7. The molecule has 38 heavy (non-hydrogen) atoms. The van der Waals surface area contributed by atoms with Crippen molar-refractivity contribution in [1.29, 1.82) is 5.53 Å². The number of aromatic nitrogens is 1. The second kappa shape index (κ2) is 14.2. The third-order valence-corrected chi connectivity index (χ3v) is 6.06. The van der Waals surface area contributed by atoms with Crippen LogP contribution in [-0.2, 0) is 35.1 Å². The SMILES string of the molecule is CC(C)OC(=O)[C@H](CCC(=O)C=[N+]=N)NC(=O)[C@H](Cc1c[nH]c2ccccc12)NC(=O)CN1CCOCC1. The van der Waals surface area contributed by atoms with Crippen LogP contribution in [0.25, 0.3) is 10.9 Å². The van der Waals surface area contributed by atoms with Crippen molar-refractivity contribution in [3.8, 4) is 0 Å². The van der Waals surface area contributed by atoms with Crippen LogP contribution >= 0.6 is 0 Å². The number of carbonyl (C=O) groups excluding carboxylic acids is 4. The van der Waals surface area contributed by atoms with Crippen LogP contribution < -0.4 is 10.6 Å². The predicted molar refractivity (Wildman–Crippen MR) is 138 cm³/mol. The molecule has 0 unspecified atom stereocenters. The lowest BCUT2D eigenvalue weighted by Gasteiger charge is -2.27. The van der Waals surface area contributed by atoms with Gasteiger partial charge in [0.2, 0.25) is 17.6 Å². The molecule has 2 heterocycles. The van der Waals surface area contributed by atoms with E-state index in [0.717, 1.165) is 22.7 Å². The number of benzene rings is 1. The number of hydrogen-bond acceptors (Lipinski definition) is 8. The highest BCUT2D eigenvalue weighted by Gasteiger charge is 2.30. The zero-order valence-corrected chi connectivity index (χ0v) is 21.7. The lowest BCUT2D eigenvalue weighted by atomic mass is 10.0. The maximum atomic E-state index is 13.5. The number of hydrogen-bond donors (Lipinski definition) is 4.